The summed E-state index contributed by atoms with van der Waals surface area (Å²) in [6.07, 6.45) is 1.02. The Morgan fingerprint density at radius 3 is 2.18 bits per heavy atom. The summed E-state index contributed by atoms with van der Waals surface area (Å²) < 4.78 is 23.4. The SMILES string of the molecule is COc1cc2c(cc1OC)[C@@H]1[C@@H](C)c3ccc(OC)c(OC)c3C[N@+]1(C)CC2. The Hall–Kier alpha value is -2.40. The molecule has 0 spiro atoms. The second kappa shape index (κ2) is 6.89. The number of likely N-dealkylation sites (N-methyl/N-ethyl adjacent to an activating group) is 1. The minimum absolute atomic E-state index is 0.353. The Bertz CT molecular complexity index is 910. The van der Waals surface area contributed by atoms with Crippen LogP contribution in [0.5, 0.6) is 23.0 Å². The van der Waals surface area contributed by atoms with Gasteiger partial charge < -0.3 is 23.4 Å². The van der Waals surface area contributed by atoms with Gasteiger partial charge in [0, 0.05) is 17.9 Å². The van der Waals surface area contributed by atoms with Crippen LogP contribution in [0.3, 0.4) is 0 Å². The molecule has 3 atom stereocenters. The third kappa shape index (κ3) is 2.64. The fourth-order valence-electron chi connectivity index (χ4n) is 5.39. The highest BCUT2D eigenvalue weighted by molar-refractivity contribution is 5.55. The van der Waals surface area contributed by atoms with Crippen LogP contribution in [0.15, 0.2) is 24.3 Å². The molecule has 2 aromatic rings. The molecule has 0 N–H and O–H groups in total. The van der Waals surface area contributed by atoms with Gasteiger partial charge in [0.1, 0.15) is 12.6 Å². The number of hydrogen-bond donors (Lipinski definition) is 0. The summed E-state index contributed by atoms with van der Waals surface area (Å²) in [4.78, 5) is 0. The van der Waals surface area contributed by atoms with E-state index in [0.29, 0.717) is 12.0 Å². The number of methoxy groups -OCH3 is 4. The number of benzene rings is 2. The molecular formula is C23H30NO4+. The minimum atomic E-state index is 0.353. The summed E-state index contributed by atoms with van der Waals surface area (Å²) in [5, 5.41) is 0. The number of hydrogen-bond acceptors (Lipinski definition) is 4. The lowest BCUT2D eigenvalue weighted by Crippen LogP contribution is -2.54. The maximum atomic E-state index is 5.77. The largest absolute Gasteiger partial charge is 0.493 e. The Morgan fingerprint density at radius 2 is 1.54 bits per heavy atom. The molecule has 0 radical (unpaired) electrons. The van der Waals surface area contributed by atoms with Crippen molar-refractivity contribution in [3.8, 4) is 23.0 Å². The van der Waals surface area contributed by atoms with Crippen molar-refractivity contribution in [2.24, 2.45) is 0 Å². The zero-order valence-corrected chi connectivity index (χ0v) is 17.7. The molecule has 4 rings (SSSR count). The molecule has 0 amide bonds. The molecule has 0 unspecified atom stereocenters. The molecular weight excluding hydrogens is 354 g/mol. The van der Waals surface area contributed by atoms with Gasteiger partial charge in [0.2, 0.25) is 0 Å². The van der Waals surface area contributed by atoms with Gasteiger partial charge in [-0.2, -0.15) is 0 Å². The predicted octanol–water partition coefficient (Wildman–Crippen LogP) is 4.08. The summed E-state index contributed by atoms with van der Waals surface area (Å²) >= 11 is 0. The zero-order chi connectivity index (χ0) is 20.1. The molecule has 2 aromatic carbocycles. The van der Waals surface area contributed by atoms with Crippen molar-refractivity contribution in [3.05, 3.63) is 46.5 Å². The smallest absolute Gasteiger partial charge is 0.169 e. The van der Waals surface area contributed by atoms with Crippen LogP contribution in [-0.4, -0.2) is 46.5 Å². The minimum Gasteiger partial charge on any atom is -0.493 e. The maximum Gasteiger partial charge on any atom is 0.169 e. The number of quaternary nitrogens is 1. The highest BCUT2D eigenvalue weighted by atomic mass is 16.5. The molecule has 5 nitrogen and oxygen atoms in total. The van der Waals surface area contributed by atoms with Crippen LogP contribution in [0.4, 0.5) is 0 Å². The first-order valence-electron chi connectivity index (χ1n) is 9.80. The molecule has 28 heavy (non-hydrogen) atoms. The van der Waals surface area contributed by atoms with Gasteiger partial charge >= 0.3 is 0 Å². The fourth-order valence-corrected chi connectivity index (χ4v) is 5.39. The first-order valence-corrected chi connectivity index (χ1v) is 9.80. The lowest BCUT2D eigenvalue weighted by molar-refractivity contribution is -0.957. The molecule has 0 bridgehead atoms. The summed E-state index contributed by atoms with van der Waals surface area (Å²) in [6.45, 7) is 4.34. The van der Waals surface area contributed by atoms with E-state index >= 15 is 0 Å². The standard InChI is InChI=1S/C23H30NO4/c1-14-16-7-8-19(25-3)23(28-6)18(16)13-24(2)10-9-15-11-20(26-4)21(27-5)12-17(15)22(14)24/h7-8,11-12,14,22H,9-10,13H2,1-6H3/q+1/t14-,22-,24-/m0/s1. The van der Waals surface area contributed by atoms with E-state index in [-0.39, 0.29) is 0 Å². The molecule has 2 heterocycles. The van der Waals surface area contributed by atoms with Crippen LogP contribution in [0.1, 0.15) is 41.1 Å². The highest BCUT2D eigenvalue weighted by Gasteiger charge is 2.48. The topological polar surface area (TPSA) is 36.9 Å². The molecule has 2 aliphatic heterocycles. The second-order valence-corrected chi connectivity index (χ2v) is 8.12. The average molecular weight is 384 g/mol. The van der Waals surface area contributed by atoms with Crippen molar-refractivity contribution >= 4 is 0 Å². The van der Waals surface area contributed by atoms with Crippen LogP contribution in [-0.2, 0) is 13.0 Å². The summed E-state index contributed by atoms with van der Waals surface area (Å²) in [5.74, 6) is 3.66. The van der Waals surface area contributed by atoms with Crippen molar-refractivity contribution in [1.29, 1.82) is 0 Å². The van der Waals surface area contributed by atoms with Gasteiger partial charge in [-0.05, 0) is 29.3 Å². The van der Waals surface area contributed by atoms with Gasteiger partial charge in [0.15, 0.2) is 23.0 Å². The van der Waals surface area contributed by atoms with E-state index in [9.17, 15) is 0 Å². The second-order valence-electron chi connectivity index (χ2n) is 8.12. The highest BCUT2D eigenvalue weighted by Crippen LogP contribution is 2.53. The lowest BCUT2D eigenvalue weighted by atomic mass is 9.75. The van der Waals surface area contributed by atoms with Crippen LogP contribution in [0.25, 0.3) is 0 Å². The van der Waals surface area contributed by atoms with Crippen molar-refractivity contribution < 1.29 is 23.4 Å². The van der Waals surface area contributed by atoms with Crippen molar-refractivity contribution in [3.63, 3.8) is 0 Å². The number of nitrogens with zero attached hydrogens (tertiary/aromatic N) is 1. The normalized spacial score (nSPS) is 25.2. The van der Waals surface area contributed by atoms with Gasteiger partial charge in [-0.15, -0.1) is 0 Å². The van der Waals surface area contributed by atoms with E-state index in [1.807, 2.05) is 6.07 Å². The number of rotatable bonds is 4. The van der Waals surface area contributed by atoms with E-state index in [4.69, 9.17) is 18.9 Å². The predicted molar refractivity (Wildman–Crippen MR) is 109 cm³/mol. The molecule has 0 saturated heterocycles. The molecule has 0 aliphatic carbocycles. The first-order chi connectivity index (χ1) is 13.5. The number of fused-ring (bicyclic) bond motifs is 4. The monoisotopic (exact) mass is 384 g/mol. The number of ether oxygens (including phenoxy) is 4. The Balaban J connectivity index is 1.88. The average Bonchev–Trinajstić information content (AvgIpc) is 2.71. The van der Waals surface area contributed by atoms with E-state index in [1.165, 1.54) is 22.3 Å². The summed E-state index contributed by atoms with van der Waals surface area (Å²) in [7, 11) is 9.21. The lowest BCUT2D eigenvalue weighted by Gasteiger charge is -2.51. The molecule has 0 fully saturated rings. The summed E-state index contributed by atoms with van der Waals surface area (Å²) in [5.41, 5.74) is 5.37. The van der Waals surface area contributed by atoms with Crippen LogP contribution in [0, 0.1) is 0 Å². The Morgan fingerprint density at radius 1 is 0.857 bits per heavy atom. The van der Waals surface area contributed by atoms with Crippen molar-refractivity contribution in [2.45, 2.75) is 31.8 Å². The van der Waals surface area contributed by atoms with Crippen LogP contribution < -0.4 is 18.9 Å². The van der Waals surface area contributed by atoms with Gasteiger partial charge in [-0.1, -0.05) is 13.0 Å². The zero-order valence-electron chi connectivity index (χ0n) is 17.7. The van der Waals surface area contributed by atoms with E-state index in [2.05, 4.69) is 32.2 Å². The molecule has 2 aliphatic rings. The molecule has 5 heteroatoms. The fraction of sp³-hybridized carbons (Fsp3) is 0.478. The van der Waals surface area contributed by atoms with E-state index in [0.717, 1.165) is 47.0 Å². The third-order valence-corrected chi connectivity index (χ3v) is 6.70. The molecule has 0 aromatic heterocycles. The molecule has 150 valence electrons. The third-order valence-electron chi connectivity index (χ3n) is 6.70. The first kappa shape index (κ1) is 18.9. The van der Waals surface area contributed by atoms with E-state index in [1.54, 1.807) is 28.4 Å². The molecule has 0 saturated carbocycles. The van der Waals surface area contributed by atoms with Crippen LogP contribution in [0.2, 0.25) is 0 Å². The van der Waals surface area contributed by atoms with Gasteiger partial charge in [-0.25, -0.2) is 0 Å². The quantitative estimate of drug-likeness (QED) is 0.745. The van der Waals surface area contributed by atoms with Gasteiger partial charge in [0.05, 0.1) is 47.6 Å². The van der Waals surface area contributed by atoms with Crippen LogP contribution >= 0.6 is 0 Å². The van der Waals surface area contributed by atoms with Gasteiger partial charge in [-0.3, -0.25) is 0 Å². The maximum absolute atomic E-state index is 5.77. The Kier molecular flexibility index (Phi) is 4.66. The Labute approximate surface area is 167 Å². The summed E-state index contributed by atoms with van der Waals surface area (Å²) in [6, 6.07) is 8.96. The van der Waals surface area contributed by atoms with E-state index < -0.39 is 0 Å². The van der Waals surface area contributed by atoms with Gasteiger partial charge in [0.25, 0.3) is 0 Å². The van der Waals surface area contributed by atoms with Crippen molar-refractivity contribution in [1.82, 2.24) is 0 Å². The van der Waals surface area contributed by atoms with Crippen molar-refractivity contribution in [2.75, 3.05) is 42.0 Å².